The van der Waals surface area contributed by atoms with E-state index in [2.05, 4.69) is 53.4 Å². The van der Waals surface area contributed by atoms with Gasteiger partial charge in [-0.15, -0.1) is 0 Å². The minimum absolute atomic E-state index is 0.0989. The van der Waals surface area contributed by atoms with Gasteiger partial charge in [-0.2, -0.15) is 13.2 Å². The Morgan fingerprint density at radius 3 is 1.50 bits per heavy atom. The van der Waals surface area contributed by atoms with Crippen molar-refractivity contribution < 1.29 is 41.9 Å². The lowest BCUT2D eigenvalue weighted by Crippen LogP contribution is -2.43. The van der Waals surface area contributed by atoms with Gasteiger partial charge in [-0.3, -0.25) is 4.79 Å². The first-order valence-corrected chi connectivity index (χ1v) is 23.9. The lowest BCUT2D eigenvalue weighted by atomic mass is 10.1. The van der Waals surface area contributed by atoms with E-state index in [0.29, 0.717) is 32.0 Å². The Labute approximate surface area is 450 Å². The van der Waals surface area contributed by atoms with Crippen molar-refractivity contribution in [2.75, 3.05) is 76.7 Å². The number of nitrogens with two attached hydrogens (primary N) is 2. The van der Waals surface area contributed by atoms with Crippen molar-refractivity contribution in [3.63, 3.8) is 0 Å². The number of primary amides is 2. The zero-order valence-electron chi connectivity index (χ0n) is 42.5. The quantitative estimate of drug-likeness (QED) is 0.0919. The van der Waals surface area contributed by atoms with Crippen LogP contribution >= 0.6 is 46.4 Å². The number of carbonyl (C=O) groups excluding carboxylic acids is 6. The lowest BCUT2D eigenvalue weighted by Gasteiger charge is -2.24. The number of nitrogens with zero attached hydrogens (tertiary/aromatic N) is 5. The van der Waals surface area contributed by atoms with E-state index in [9.17, 15) is 37.1 Å². The number of hydrogen-bond donors (Lipinski definition) is 5. The molecule has 0 radical (unpaired) electrons. The van der Waals surface area contributed by atoms with Crippen LogP contribution < -0.4 is 32.3 Å². The fraction of sp³-hybridized carbons (Fsp3) is 0.294. The number of rotatable bonds is 10. The molecule has 0 aromatic heterocycles. The molecule has 0 unspecified atom stereocenters. The number of anilines is 4. The molecule has 0 saturated heterocycles. The molecule has 11 amide bonds. The third-order valence-corrected chi connectivity index (χ3v) is 10.8. The first-order chi connectivity index (χ1) is 34.6. The predicted octanol–water partition coefficient (Wildman–Crippen LogP) is 13.1. The highest BCUT2D eigenvalue weighted by Crippen LogP contribution is 2.31. The number of amides is 11. The predicted molar refractivity (Wildman–Crippen MR) is 293 cm³/mol. The maximum absolute atomic E-state index is 12.7. The van der Waals surface area contributed by atoms with Crippen molar-refractivity contribution >= 4 is 105 Å². The largest absolute Gasteiger partial charge is 0.416 e. The van der Waals surface area contributed by atoms with Crippen LogP contribution in [0.15, 0.2) is 115 Å². The highest BCUT2D eigenvalue weighted by atomic mass is 35.5. The average Bonchev–Trinajstić information content (AvgIpc) is 3.34. The van der Waals surface area contributed by atoms with Crippen molar-refractivity contribution in [2.45, 2.75) is 45.7 Å². The van der Waals surface area contributed by atoms with Gasteiger partial charge in [0, 0.05) is 78.5 Å². The molecular weight excluding hydrogens is 1050 g/mol. The van der Waals surface area contributed by atoms with E-state index in [-0.39, 0.29) is 22.8 Å². The van der Waals surface area contributed by atoms with Gasteiger partial charge < -0.3 is 47.0 Å². The van der Waals surface area contributed by atoms with Crippen LogP contribution in [0.1, 0.15) is 54.6 Å². The summed E-state index contributed by atoms with van der Waals surface area (Å²) in [5, 5.41) is 9.44. The van der Waals surface area contributed by atoms with Crippen LogP contribution in [-0.2, 0) is 12.6 Å². The van der Waals surface area contributed by atoms with E-state index in [1.54, 1.807) is 101 Å². The number of alkyl halides is 3. The average molecular weight is 1110 g/mol. The number of nitrogens with one attached hydrogen (secondary N) is 3. The van der Waals surface area contributed by atoms with Crippen molar-refractivity contribution in [1.29, 1.82) is 0 Å². The molecule has 5 aromatic rings. The minimum Gasteiger partial charge on any atom is -0.352 e. The summed E-state index contributed by atoms with van der Waals surface area (Å²) < 4.78 is 37.0. The van der Waals surface area contributed by atoms with Gasteiger partial charge >= 0.3 is 36.3 Å². The van der Waals surface area contributed by atoms with Gasteiger partial charge in [0.05, 0.1) is 31.3 Å². The molecule has 23 heteroatoms. The molecule has 7 N–H and O–H groups in total. The van der Waals surface area contributed by atoms with Gasteiger partial charge in [0.1, 0.15) is 0 Å². The van der Waals surface area contributed by atoms with E-state index < -0.39 is 35.7 Å². The minimum atomic E-state index is -4.40. The molecule has 0 fully saturated rings. The Kier molecular flexibility index (Phi) is 29.0. The van der Waals surface area contributed by atoms with E-state index in [1.807, 2.05) is 12.1 Å². The van der Waals surface area contributed by atoms with E-state index in [4.69, 9.17) is 51.2 Å². The number of halogens is 7. The van der Waals surface area contributed by atoms with Crippen LogP contribution in [0, 0.1) is 0 Å². The topological polar surface area (TPSA) is 207 Å². The zero-order valence-corrected chi connectivity index (χ0v) is 45.5. The summed E-state index contributed by atoms with van der Waals surface area (Å²) in [7, 11) is 11.4. The highest BCUT2D eigenvalue weighted by molar-refractivity contribution is 6.42. The van der Waals surface area contributed by atoms with Crippen molar-refractivity contribution in [3.8, 4) is 0 Å². The van der Waals surface area contributed by atoms with E-state index in [0.717, 1.165) is 54.9 Å². The van der Waals surface area contributed by atoms with Gasteiger partial charge in [0.15, 0.2) is 0 Å². The molecule has 0 bridgehead atoms. The van der Waals surface area contributed by atoms with Crippen molar-refractivity contribution in [2.24, 2.45) is 11.5 Å². The van der Waals surface area contributed by atoms with Crippen LogP contribution in [0.4, 0.5) is 59.9 Å². The number of hydrogen-bond acceptors (Lipinski definition) is 6. The summed E-state index contributed by atoms with van der Waals surface area (Å²) in [5.74, 6) is -0.433. The van der Waals surface area contributed by atoms with Crippen LogP contribution in [-0.4, -0.2) is 112 Å². The molecule has 0 aliphatic rings. The van der Waals surface area contributed by atoms with Crippen molar-refractivity contribution in [1.82, 2.24) is 19.6 Å². The number of unbranched alkanes of at least 4 members (excludes halogenated alkanes) is 1. The molecule has 0 heterocycles. The standard InChI is InChI=1S/C16H14Cl2N2O2.C12H16Cl2N2O.C12H18N2O.C10H11F3N2O.CH4N2O/c1-19(2)16(22)20(12-8-9-13(17)14(18)10-12)15(21)11-6-4-3-5-7-11;1-3-4-7-16(2)12(17)15-9-5-6-10(13)11(14)8-9;1-4-5-10-6-8-11(9-7-10)13-12(15)14(2)3;1-15(2)9(16)14-8-5-3-4-7(6-8)10(11,12)13;2-1(3)4/h3-10H,1-2H3;5-6,8H,3-4,7H2,1-2H3,(H,15,17);6-9H,4-5H2,1-3H3,(H,13,15);3-6H,1-2H3,(H,14,16);(H4,2,3,4). The second-order valence-electron chi connectivity index (χ2n) is 16.2. The third kappa shape index (κ3) is 24.7. The Hall–Kier alpha value is -6.93. The Balaban J connectivity index is 0.000000486. The van der Waals surface area contributed by atoms with Crippen LogP contribution in [0.2, 0.25) is 20.1 Å². The normalized spacial score (nSPS) is 10.1. The number of imide groups is 1. The summed E-state index contributed by atoms with van der Waals surface area (Å²) in [4.78, 5) is 75.2. The Morgan fingerprint density at radius 1 is 0.541 bits per heavy atom. The second kappa shape index (κ2) is 33.0. The maximum Gasteiger partial charge on any atom is 0.416 e. The summed E-state index contributed by atoms with van der Waals surface area (Å²) >= 11 is 23.5. The van der Waals surface area contributed by atoms with E-state index in [1.165, 1.54) is 52.6 Å². The van der Waals surface area contributed by atoms with Crippen molar-refractivity contribution in [3.05, 3.63) is 152 Å². The summed E-state index contributed by atoms with van der Waals surface area (Å²) in [6.07, 6.45) is -0.125. The fourth-order valence-corrected chi connectivity index (χ4v) is 6.02. The number of urea groups is 5. The van der Waals surface area contributed by atoms with Crippen LogP contribution in [0.5, 0.6) is 0 Å². The maximum atomic E-state index is 12.7. The molecule has 74 heavy (non-hydrogen) atoms. The second-order valence-corrected chi connectivity index (χ2v) is 17.8. The van der Waals surface area contributed by atoms with Gasteiger partial charge in [-0.1, -0.05) is 109 Å². The zero-order chi connectivity index (χ0) is 56.3. The van der Waals surface area contributed by atoms with Gasteiger partial charge in [0.2, 0.25) is 0 Å². The smallest absolute Gasteiger partial charge is 0.352 e. The highest BCUT2D eigenvalue weighted by Gasteiger charge is 2.30. The summed E-state index contributed by atoms with van der Waals surface area (Å²) in [6, 6.07) is 28.7. The monoisotopic (exact) mass is 1110 g/mol. The van der Waals surface area contributed by atoms with Gasteiger partial charge in [0.25, 0.3) is 5.91 Å². The number of carbonyl (C=O) groups is 6. The van der Waals surface area contributed by atoms with Gasteiger partial charge in [-0.05, 0) is 97.3 Å². The number of benzene rings is 5. The summed E-state index contributed by atoms with van der Waals surface area (Å²) in [6.45, 7) is 4.98. The molecule has 0 atom stereocenters. The molecule has 16 nitrogen and oxygen atoms in total. The Bertz CT molecular complexity index is 2590. The Morgan fingerprint density at radius 2 is 1.03 bits per heavy atom. The molecule has 5 aromatic carbocycles. The van der Waals surface area contributed by atoms with E-state index >= 15 is 0 Å². The first-order valence-electron chi connectivity index (χ1n) is 22.4. The molecule has 0 aliphatic heterocycles. The summed E-state index contributed by atoms with van der Waals surface area (Å²) in [5.41, 5.74) is 11.4. The van der Waals surface area contributed by atoms with Gasteiger partial charge in [-0.25, -0.2) is 28.9 Å². The molecule has 0 spiro atoms. The third-order valence-electron chi connectivity index (χ3n) is 9.32. The van der Waals surface area contributed by atoms with Crippen LogP contribution in [0.25, 0.3) is 0 Å². The SMILES string of the molecule is CCCCN(C)C(=O)Nc1ccc(Cl)c(Cl)c1.CCCc1ccc(NC(=O)N(C)C)cc1.CN(C)C(=O)N(C(=O)c1ccccc1)c1ccc(Cl)c(Cl)c1.CN(C)C(=O)Nc1cccc(C(F)(F)F)c1.NC(N)=O. The van der Waals surface area contributed by atoms with Crippen LogP contribution in [0.3, 0.4) is 0 Å². The first kappa shape index (κ1) is 65.1. The fourth-order valence-electron chi connectivity index (χ4n) is 5.43. The molecular formula is C51H63Cl4F3N10O6. The molecule has 0 aliphatic carbocycles. The molecule has 5 rings (SSSR count). The lowest BCUT2D eigenvalue weighted by molar-refractivity contribution is -0.137. The number of aryl methyl sites for hydroxylation is 1. The molecule has 0 saturated carbocycles. The molecule has 402 valence electrons.